The molecule has 1 aliphatic carbocycles. The molecular weight excluding hydrogens is 178 g/mol. The number of likely N-dealkylation sites (tertiary alicyclic amines) is 1. The first-order valence-corrected chi connectivity index (χ1v) is 5.42. The quantitative estimate of drug-likeness (QED) is 0.644. The van der Waals surface area contributed by atoms with Crippen LogP contribution in [0.1, 0.15) is 19.8 Å². The first-order chi connectivity index (χ1) is 6.65. The van der Waals surface area contributed by atoms with Gasteiger partial charge < -0.3 is 11.1 Å². The molecule has 1 amide bonds. The largest absolute Gasteiger partial charge is 0.352 e. The summed E-state index contributed by atoms with van der Waals surface area (Å²) in [6.45, 7) is 4.48. The maximum absolute atomic E-state index is 11.5. The molecule has 2 aliphatic rings. The van der Waals surface area contributed by atoms with Gasteiger partial charge in [0, 0.05) is 25.2 Å². The van der Waals surface area contributed by atoms with Crippen molar-refractivity contribution in [1.29, 1.82) is 0 Å². The Morgan fingerprint density at radius 2 is 2.21 bits per heavy atom. The van der Waals surface area contributed by atoms with Crippen molar-refractivity contribution in [2.75, 3.05) is 19.6 Å². The van der Waals surface area contributed by atoms with Crippen LogP contribution in [0, 0.1) is 5.92 Å². The van der Waals surface area contributed by atoms with Gasteiger partial charge in [-0.15, -0.1) is 0 Å². The van der Waals surface area contributed by atoms with Crippen molar-refractivity contribution in [3.05, 3.63) is 0 Å². The molecule has 2 rings (SSSR count). The van der Waals surface area contributed by atoms with Crippen LogP contribution < -0.4 is 11.1 Å². The predicted molar refractivity (Wildman–Crippen MR) is 54.7 cm³/mol. The lowest BCUT2D eigenvalue weighted by atomic mass is 10.1. The molecule has 0 aromatic heterocycles. The highest BCUT2D eigenvalue weighted by Gasteiger charge is 2.29. The van der Waals surface area contributed by atoms with Crippen LogP contribution in [0.4, 0.5) is 0 Å². The molecule has 0 bridgehead atoms. The van der Waals surface area contributed by atoms with E-state index in [1.807, 2.05) is 0 Å². The van der Waals surface area contributed by atoms with Crippen LogP contribution in [-0.2, 0) is 4.79 Å². The Kier molecular flexibility index (Phi) is 2.74. The second-order valence-electron chi connectivity index (χ2n) is 4.68. The molecule has 0 aromatic rings. The summed E-state index contributed by atoms with van der Waals surface area (Å²) in [5, 5.41) is 2.99. The lowest BCUT2D eigenvalue weighted by Gasteiger charge is -2.14. The number of nitrogens with two attached hydrogens (primary N) is 1. The molecule has 0 radical (unpaired) electrons. The lowest BCUT2D eigenvalue weighted by Crippen LogP contribution is -2.38. The average Bonchev–Trinajstić information content (AvgIpc) is 2.82. The van der Waals surface area contributed by atoms with Gasteiger partial charge in [0.05, 0.1) is 6.54 Å². The van der Waals surface area contributed by atoms with E-state index in [9.17, 15) is 4.79 Å². The molecule has 14 heavy (non-hydrogen) atoms. The van der Waals surface area contributed by atoms with Gasteiger partial charge in [-0.05, 0) is 18.8 Å². The van der Waals surface area contributed by atoms with Crippen molar-refractivity contribution < 1.29 is 4.79 Å². The molecule has 0 spiro atoms. The van der Waals surface area contributed by atoms with Gasteiger partial charge in [0.2, 0.25) is 5.91 Å². The summed E-state index contributed by atoms with van der Waals surface area (Å²) in [5.41, 5.74) is 5.88. The van der Waals surface area contributed by atoms with Crippen LogP contribution in [0.25, 0.3) is 0 Å². The van der Waals surface area contributed by atoms with Crippen LogP contribution in [0.15, 0.2) is 0 Å². The maximum Gasteiger partial charge on any atom is 0.234 e. The second-order valence-corrected chi connectivity index (χ2v) is 4.68. The molecule has 3 N–H and O–H groups in total. The number of nitrogens with one attached hydrogen (secondary N) is 1. The third kappa shape index (κ3) is 2.45. The Morgan fingerprint density at radius 3 is 2.71 bits per heavy atom. The average molecular weight is 197 g/mol. The minimum absolute atomic E-state index is 0.161. The standard InChI is InChI=1S/C10H19N3O/c1-7-4-13(5-9(7)11)6-10(14)12-8-2-3-8/h7-9H,2-6,11H2,1H3,(H,12,14). The smallest absolute Gasteiger partial charge is 0.234 e. The Balaban J connectivity index is 1.71. The number of amides is 1. The molecule has 4 heteroatoms. The Hall–Kier alpha value is -0.610. The van der Waals surface area contributed by atoms with Gasteiger partial charge in [-0.25, -0.2) is 0 Å². The number of rotatable bonds is 3. The van der Waals surface area contributed by atoms with Crippen molar-refractivity contribution in [2.45, 2.75) is 31.8 Å². The van der Waals surface area contributed by atoms with E-state index in [4.69, 9.17) is 5.73 Å². The maximum atomic E-state index is 11.5. The molecule has 1 saturated heterocycles. The van der Waals surface area contributed by atoms with Gasteiger partial charge in [-0.2, -0.15) is 0 Å². The molecule has 4 nitrogen and oxygen atoms in total. The first kappa shape index (κ1) is 9.93. The fourth-order valence-electron chi connectivity index (χ4n) is 1.93. The summed E-state index contributed by atoms with van der Waals surface area (Å²) in [6.07, 6.45) is 2.31. The van der Waals surface area contributed by atoms with Crippen molar-refractivity contribution in [2.24, 2.45) is 11.7 Å². The second kappa shape index (κ2) is 3.87. The molecule has 1 aliphatic heterocycles. The van der Waals surface area contributed by atoms with Gasteiger partial charge in [-0.1, -0.05) is 6.92 Å². The SMILES string of the molecule is CC1CN(CC(=O)NC2CC2)CC1N. The number of hydrogen-bond donors (Lipinski definition) is 2. The van der Waals surface area contributed by atoms with Gasteiger partial charge in [0.25, 0.3) is 0 Å². The molecule has 0 aromatic carbocycles. The molecule has 80 valence electrons. The Bertz CT molecular complexity index is 217. The zero-order valence-electron chi connectivity index (χ0n) is 8.70. The van der Waals surface area contributed by atoms with E-state index in [1.165, 1.54) is 0 Å². The highest BCUT2D eigenvalue weighted by Crippen LogP contribution is 2.19. The van der Waals surface area contributed by atoms with E-state index >= 15 is 0 Å². The van der Waals surface area contributed by atoms with E-state index in [2.05, 4.69) is 17.1 Å². The van der Waals surface area contributed by atoms with Crippen LogP contribution in [0.5, 0.6) is 0 Å². The van der Waals surface area contributed by atoms with Crippen molar-refractivity contribution in [3.8, 4) is 0 Å². The van der Waals surface area contributed by atoms with E-state index in [1.54, 1.807) is 0 Å². The van der Waals surface area contributed by atoms with Crippen molar-refractivity contribution >= 4 is 5.91 Å². The van der Waals surface area contributed by atoms with E-state index in [-0.39, 0.29) is 11.9 Å². The summed E-state index contributed by atoms with van der Waals surface area (Å²) >= 11 is 0. The molecular formula is C10H19N3O. The topological polar surface area (TPSA) is 58.4 Å². The molecule has 2 fully saturated rings. The minimum atomic E-state index is 0.161. The zero-order valence-corrected chi connectivity index (χ0v) is 8.70. The Morgan fingerprint density at radius 1 is 1.50 bits per heavy atom. The number of hydrogen-bond acceptors (Lipinski definition) is 3. The number of carbonyl (C=O) groups is 1. The van der Waals surface area contributed by atoms with Crippen molar-refractivity contribution in [1.82, 2.24) is 10.2 Å². The van der Waals surface area contributed by atoms with Gasteiger partial charge in [0.1, 0.15) is 0 Å². The van der Waals surface area contributed by atoms with Gasteiger partial charge in [0.15, 0.2) is 0 Å². The van der Waals surface area contributed by atoms with Crippen LogP contribution in [-0.4, -0.2) is 42.5 Å². The lowest BCUT2D eigenvalue weighted by molar-refractivity contribution is -0.122. The highest BCUT2D eigenvalue weighted by atomic mass is 16.2. The van der Waals surface area contributed by atoms with E-state index in [0.717, 1.165) is 25.9 Å². The summed E-state index contributed by atoms with van der Waals surface area (Å²) < 4.78 is 0. The predicted octanol–water partition coefficient (Wildman–Crippen LogP) is -0.456. The normalized spacial score (nSPS) is 33.3. The van der Waals surface area contributed by atoms with Crippen molar-refractivity contribution in [3.63, 3.8) is 0 Å². The monoisotopic (exact) mass is 197 g/mol. The number of carbonyl (C=O) groups excluding carboxylic acids is 1. The fourth-order valence-corrected chi connectivity index (χ4v) is 1.93. The third-order valence-electron chi connectivity index (χ3n) is 3.06. The fraction of sp³-hybridized carbons (Fsp3) is 0.900. The molecule has 1 heterocycles. The molecule has 2 unspecified atom stereocenters. The van der Waals surface area contributed by atoms with Gasteiger partial charge in [-0.3, -0.25) is 9.69 Å². The van der Waals surface area contributed by atoms with E-state index in [0.29, 0.717) is 18.5 Å². The van der Waals surface area contributed by atoms with Crippen LogP contribution in [0.3, 0.4) is 0 Å². The first-order valence-electron chi connectivity index (χ1n) is 5.42. The van der Waals surface area contributed by atoms with Crippen LogP contribution in [0.2, 0.25) is 0 Å². The highest BCUT2D eigenvalue weighted by molar-refractivity contribution is 5.78. The Labute approximate surface area is 84.8 Å². The summed E-state index contributed by atoms with van der Waals surface area (Å²) in [6, 6.07) is 0.708. The summed E-state index contributed by atoms with van der Waals surface area (Å²) in [7, 11) is 0. The molecule has 1 saturated carbocycles. The summed E-state index contributed by atoms with van der Waals surface area (Å²) in [5.74, 6) is 0.678. The van der Waals surface area contributed by atoms with Gasteiger partial charge >= 0.3 is 0 Å². The minimum Gasteiger partial charge on any atom is -0.352 e. The third-order valence-corrected chi connectivity index (χ3v) is 3.06. The molecule has 2 atom stereocenters. The van der Waals surface area contributed by atoms with Crippen LogP contribution >= 0.6 is 0 Å². The van der Waals surface area contributed by atoms with E-state index < -0.39 is 0 Å². The number of nitrogens with zero attached hydrogens (tertiary/aromatic N) is 1. The summed E-state index contributed by atoms with van der Waals surface area (Å²) in [4.78, 5) is 13.6. The zero-order chi connectivity index (χ0) is 10.1.